The van der Waals surface area contributed by atoms with Crippen LogP contribution in [0.15, 0.2) is 206 Å². The molecule has 0 saturated heterocycles. The number of fused-ring (bicyclic) bond motifs is 7. The van der Waals surface area contributed by atoms with E-state index in [4.69, 9.17) is 0 Å². The van der Waals surface area contributed by atoms with Gasteiger partial charge in [-0.05, 0) is 106 Å². The lowest BCUT2D eigenvalue weighted by Crippen LogP contribution is -2.10. The predicted molar refractivity (Wildman–Crippen MR) is 237 cm³/mol. The Kier molecular flexibility index (Phi) is 7.39. The molecule has 55 heavy (non-hydrogen) atoms. The fourth-order valence-corrected chi connectivity index (χ4v) is 9.63. The summed E-state index contributed by atoms with van der Waals surface area (Å²) in [7, 11) is 0. The maximum Gasteiger partial charge on any atom is 0.0562 e. The highest BCUT2D eigenvalue weighted by atomic mass is 32.1. The molecule has 3 heteroatoms. The van der Waals surface area contributed by atoms with Gasteiger partial charge in [-0.25, -0.2) is 0 Å². The number of anilines is 3. The molecule has 258 valence electrons. The van der Waals surface area contributed by atoms with Gasteiger partial charge in [0, 0.05) is 48.0 Å². The Morgan fingerprint density at radius 3 is 1.89 bits per heavy atom. The van der Waals surface area contributed by atoms with Crippen molar-refractivity contribution in [2.75, 3.05) is 4.90 Å². The molecule has 0 unspecified atom stereocenters. The topological polar surface area (TPSA) is 8.17 Å². The fraction of sp³-hybridized carbons (Fsp3) is 0. The van der Waals surface area contributed by atoms with E-state index in [9.17, 15) is 0 Å². The number of hydrogen-bond donors (Lipinski definition) is 0. The zero-order valence-corrected chi connectivity index (χ0v) is 30.7. The summed E-state index contributed by atoms with van der Waals surface area (Å²) in [6.45, 7) is 0. The average Bonchev–Trinajstić information content (AvgIpc) is 3.79. The lowest BCUT2D eigenvalue weighted by molar-refractivity contribution is 1.18. The normalized spacial score (nSPS) is 11.6. The van der Waals surface area contributed by atoms with Gasteiger partial charge in [-0.3, -0.25) is 0 Å². The summed E-state index contributed by atoms with van der Waals surface area (Å²) in [6.07, 6.45) is 0. The van der Waals surface area contributed by atoms with Gasteiger partial charge in [0.2, 0.25) is 0 Å². The van der Waals surface area contributed by atoms with Crippen molar-refractivity contribution in [1.82, 2.24) is 4.57 Å². The third-order valence-corrected chi connectivity index (χ3v) is 12.1. The molecular weight excluding hydrogens is 685 g/mol. The van der Waals surface area contributed by atoms with Crippen molar-refractivity contribution in [3.05, 3.63) is 206 Å². The van der Waals surface area contributed by atoms with Gasteiger partial charge in [0.05, 0.1) is 16.7 Å². The molecule has 0 radical (unpaired) electrons. The molecule has 0 aliphatic rings. The summed E-state index contributed by atoms with van der Waals surface area (Å²) in [5.41, 5.74) is 11.7. The minimum Gasteiger partial charge on any atom is -0.310 e. The van der Waals surface area contributed by atoms with Crippen LogP contribution in [0.5, 0.6) is 0 Å². The summed E-state index contributed by atoms with van der Waals surface area (Å²) in [5.74, 6) is 0. The van der Waals surface area contributed by atoms with E-state index in [2.05, 4.69) is 216 Å². The number of benzene rings is 9. The van der Waals surface area contributed by atoms with Gasteiger partial charge in [0.1, 0.15) is 0 Å². The van der Waals surface area contributed by atoms with Crippen molar-refractivity contribution in [3.63, 3.8) is 0 Å². The standard InChI is InChI=1S/C52H34N2S/c1-3-14-35(15-4-1)37-18-11-21-42(32-37)53(47-25-13-26-48-52(47)44-22-9-10-24-46(44)54(48)40-19-5-2-6-20-40)41-30-28-36(29-31-41)43-23-12-27-49-51(43)45-33-38-16-7-8-17-39(38)34-50(45)55-49/h1-34H. The minimum atomic E-state index is 1.10. The molecule has 0 N–H and O–H groups in total. The van der Waals surface area contributed by atoms with Gasteiger partial charge in [-0.15, -0.1) is 11.3 Å². The van der Waals surface area contributed by atoms with Crippen LogP contribution >= 0.6 is 11.3 Å². The number of para-hydroxylation sites is 2. The SMILES string of the molecule is c1ccc(-c2cccc(N(c3ccc(-c4cccc5sc6cc7ccccc7cc6c45)cc3)c3cccc4c3c3ccccc3n4-c3ccccc3)c2)cc1. The number of nitrogens with zero attached hydrogens (tertiary/aromatic N) is 2. The lowest BCUT2D eigenvalue weighted by Gasteiger charge is -2.27. The average molecular weight is 719 g/mol. The first-order valence-electron chi connectivity index (χ1n) is 18.8. The molecule has 0 fully saturated rings. The van der Waals surface area contributed by atoms with Crippen LogP contribution in [0.25, 0.3) is 80.7 Å². The summed E-state index contributed by atoms with van der Waals surface area (Å²) < 4.78 is 5.03. The monoisotopic (exact) mass is 718 g/mol. The molecule has 11 aromatic rings. The molecule has 11 rings (SSSR count). The third kappa shape index (κ3) is 5.24. The second-order valence-corrected chi connectivity index (χ2v) is 15.2. The van der Waals surface area contributed by atoms with Gasteiger partial charge in [0.25, 0.3) is 0 Å². The van der Waals surface area contributed by atoms with Crippen LogP contribution < -0.4 is 4.90 Å². The van der Waals surface area contributed by atoms with Crippen molar-refractivity contribution >= 4 is 81.1 Å². The van der Waals surface area contributed by atoms with Gasteiger partial charge >= 0.3 is 0 Å². The van der Waals surface area contributed by atoms with Crippen LogP contribution in [-0.4, -0.2) is 4.57 Å². The highest BCUT2D eigenvalue weighted by Gasteiger charge is 2.22. The molecule has 9 aromatic carbocycles. The fourth-order valence-electron chi connectivity index (χ4n) is 8.47. The van der Waals surface area contributed by atoms with Crippen LogP contribution in [0.4, 0.5) is 17.1 Å². The van der Waals surface area contributed by atoms with E-state index in [0.717, 1.165) is 22.7 Å². The van der Waals surface area contributed by atoms with Crippen molar-refractivity contribution < 1.29 is 0 Å². The Balaban J connectivity index is 1.12. The molecule has 0 atom stereocenters. The highest BCUT2D eigenvalue weighted by molar-refractivity contribution is 7.26. The first-order valence-corrected chi connectivity index (χ1v) is 19.6. The van der Waals surface area contributed by atoms with Crippen LogP contribution in [0, 0.1) is 0 Å². The second-order valence-electron chi connectivity index (χ2n) is 14.1. The first-order chi connectivity index (χ1) is 27.3. The lowest BCUT2D eigenvalue weighted by atomic mass is 9.97. The number of aromatic nitrogens is 1. The molecular formula is C52H34N2S. The molecule has 0 saturated carbocycles. The van der Waals surface area contributed by atoms with E-state index < -0.39 is 0 Å². The maximum atomic E-state index is 2.44. The quantitative estimate of drug-likeness (QED) is 0.166. The van der Waals surface area contributed by atoms with Crippen LogP contribution in [-0.2, 0) is 0 Å². The zero-order valence-electron chi connectivity index (χ0n) is 29.9. The van der Waals surface area contributed by atoms with E-state index in [1.165, 1.54) is 75.0 Å². The van der Waals surface area contributed by atoms with Crippen LogP contribution in [0.1, 0.15) is 0 Å². The van der Waals surface area contributed by atoms with E-state index in [1.807, 2.05) is 11.3 Å². The van der Waals surface area contributed by atoms with E-state index in [-0.39, 0.29) is 0 Å². The second kappa shape index (κ2) is 12.9. The van der Waals surface area contributed by atoms with Gasteiger partial charge in [-0.1, -0.05) is 133 Å². The number of rotatable bonds is 6. The molecule has 0 bridgehead atoms. The number of thiophene rings is 1. The molecule has 0 amide bonds. The Morgan fingerprint density at radius 1 is 0.382 bits per heavy atom. The summed E-state index contributed by atoms with van der Waals surface area (Å²) in [4.78, 5) is 2.44. The van der Waals surface area contributed by atoms with Crippen molar-refractivity contribution in [2.45, 2.75) is 0 Å². The van der Waals surface area contributed by atoms with Crippen molar-refractivity contribution in [3.8, 4) is 27.9 Å². The molecule has 2 aromatic heterocycles. The summed E-state index contributed by atoms with van der Waals surface area (Å²) >= 11 is 1.88. The van der Waals surface area contributed by atoms with Crippen molar-refractivity contribution in [2.24, 2.45) is 0 Å². The predicted octanol–water partition coefficient (Wildman–Crippen LogP) is 15.1. The Bertz CT molecular complexity index is 3190. The maximum absolute atomic E-state index is 2.44. The third-order valence-electron chi connectivity index (χ3n) is 10.9. The van der Waals surface area contributed by atoms with Crippen LogP contribution in [0.2, 0.25) is 0 Å². The molecule has 0 aliphatic carbocycles. The first kappa shape index (κ1) is 31.6. The smallest absolute Gasteiger partial charge is 0.0562 e. The van der Waals surface area contributed by atoms with Gasteiger partial charge < -0.3 is 9.47 Å². The van der Waals surface area contributed by atoms with Gasteiger partial charge in [-0.2, -0.15) is 0 Å². The van der Waals surface area contributed by atoms with E-state index in [1.54, 1.807) is 0 Å². The van der Waals surface area contributed by atoms with Crippen LogP contribution in [0.3, 0.4) is 0 Å². The largest absolute Gasteiger partial charge is 0.310 e. The van der Waals surface area contributed by atoms with Crippen molar-refractivity contribution in [1.29, 1.82) is 0 Å². The highest BCUT2D eigenvalue weighted by Crippen LogP contribution is 2.46. The summed E-state index contributed by atoms with van der Waals surface area (Å²) in [5, 5.41) is 7.65. The molecule has 2 heterocycles. The Morgan fingerprint density at radius 2 is 1.05 bits per heavy atom. The molecule has 2 nitrogen and oxygen atoms in total. The minimum absolute atomic E-state index is 1.10. The summed E-state index contributed by atoms with van der Waals surface area (Å²) in [6, 6.07) is 75.1. The van der Waals surface area contributed by atoms with Gasteiger partial charge in [0.15, 0.2) is 0 Å². The Labute approximate surface area is 323 Å². The van der Waals surface area contributed by atoms with E-state index in [0.29, 0.717) is 0 Å². The number of hydrogen-bond acceptors (Lipinski definition) is 2. The van der Waals surface area contributed by atoms with E-state index >= 15 is 0 Å². The Hall–Kier alpha value is -6.94. The molecule has 0 spiro atoms. The zero-order chi connectivity index (χ0) is 36.3. The molecule has 0 aliphatic heterocycles.